The van der Waals surface area contributed by atoms with Crippen molar-refractivity contribution in [2.45, 2.75) is 52.2 Å². The van der Waals surface area contributed by atoms with E-state index in [1.54, 1.807) is 7.11 Å². The molecule has 112 valence electrons. The largest absolute Gasteiger partial charge is 0.377 e. The highest BCUT2D eigenvalue weighted by Crippen LogP contribution is 2.36. The van der Waals surface area contributed by atoms with Gasteiger partial charge < -0.3 is 15.4 Å². The third-order valence-electron chi connectivity index (χ3n) is 3.86. The second-order valence-corrected chi connectivity index (χ2v) is 6.34. The van der Waals surface area contributed by atoms with Crippen LogP contribution in [0.3, 0.4) is 0 Å². The molecule has 5 heteroatoms. The van der Waals surface area contributed by atoms with E-state index in [1.807, 2.05) is 13.1 Å². The van der Waals surface area contributed by atoms with Gasteiger partial charge in [-0.1, -0.05) is 20.3 Å². The normalized spacial score (nSPS) is 21.5. The fourth-order valence-corrected chi connectivity index (χ4v) is 2.92. The van der Waals surface area contributed by atoms with Crippen LogP contribution < -0.4 is 10.6 Å². The fourth-order valence-electron chi connectivity index (χ4n) is 2.92. The van der Waals surface area contributed by atoms with Crippen LogP contribution in [0.25, 0.3) is 0 Å². The Balaban J connectivity index is 2.09. The molecule has 1 aliphatic carbocycles. The van der Waals surface area contributed by atoms with Crippen molar-refractivity contribution in [1.82, 2.24) is 9.97 Å². The molecule has 5 nitrogen and oxygen atoms in total. The third kappa shape index (κ3) is 4.07. The smallest absolute Gasteiger partial charge is 0.158 e. The van der Waals surface area contributed by atoms with Gasteiger partial charge in [0.1, 0.15) is 18.2 Å². The number of nitrogens with one attached hydrogen (secondary N) is 2. The molecule has 1 unspecified atom stereocenters. The lowest BCUT2D eigenvalue weighted by atomic mass is 9.75. The number of ether oxygens (including phenoxy) is 1. The van der Waals surface area contributed by atoms with Gasteiger partial charge in [0.2, 0.25) is 0 Å². The minimum atomic E-state index is 0.421. The number of hydrogen-bond acceptors (Lipinski definition) is 5. The summed E-state index contributed by atoms with van der Waals surface area (Å²) in [5.74, 6) is 2.42. The van der Waals surface area contributed by atoms with Gasteiger partial charge in [-0.05, 0) is 24.7 Å². The molecule has 0 aliphatic heterocycles. The summed E-state index contributed by atoms with van der Waals surface area (Å²) in [6.45, 7) is 5.12. The molecule has 1 aromatic rings. The lowest BCUT2D eigenvalue weighted by molar-refractivity contribution is 0.178. The molecule has 1 saturated carbocycles. The average molecular weight is 278 g/mol. The number of rotatable bonds is 5. The van der Waals surface area contributed by atoms with E-state index < -0.39 is 0 Å². The van der Waals surface area contributed by atoms with Gasteiger partial charge in [-0.2, -0.15) is 0 Å². The number of hydrogen-bond donors (Lipinski definition) is 2. The Labute approximate surface area is 121 Å². The molecular formula is C15H26N4O. The molecular weight excluding hydrogens is 252 g/mol. The first kappa shape index (κ1) is 15.0. The van der Waals surface area contributed by atoms with Crippen LogP contribution in [0, 0.1) is 5.41 Å². The van der Waals surface area contributed by atoms with E-state index in [0.29, 0.717) is 23.9 Å². The molecule has 1 heterocycles. The molecule has 20 heavy (non-hydrogen) atoms. The van der Waals surface area contributed by atoms with Crippen LogP contribution in [0.5, 0.6) is 0 Å². The highest BCUT2D eigenvalue weighted by molar-refractivity contribution is 5.47. The Morgan fingerprint density at radius 3 is 2.75 bits per heavy atom. The molecule has 1 aliphatic rings. The Hall–Kier alpha value is -1.36. The van der Waals surface area contributed by atoms with Crippen molar-refractivity contribution in [3.8, 4) is 0 Å². The number of nitrogens with zero attached hydrogens (tertiary/aromatic N) is 2. The van der Waals surface area contributed by atoms with Crippen molar-refractivity contribution in [3.63, 3.8) is 0 Å². The summed E-state index contributed by atoms with van der Waals surface area (Å²) in [6.07, 6.45) is 4.98. The molecule has 1 atom stereocenters. The molecule has 2 N–H and O–H groups in total. The Morgan fingerprint density at radius 1 is 1.35 bits per heavy atom. The van der Waals surface area contributed by atoms with Crippen molar-refractivity contribution < 1.29 is 4.74 Å². The fraction of sp³-hybridized carbons (Fsp3) is 0.733. The first-order valence-electron chi connectivity index (χ1n) is 7.33. The molecule has 0 radical (unpaired) electrons. The van der Waals surface area contributed by atoms with Crippen LogP contribution in [-0.4, -0.2) is 30.2 Å². The standard InChI is InChI=1S/C15H26N4O/c1-15(2)7-5-6-11(9-15)17-13-8-12(16-3)18-14(19-13)10-20-4/h8,11H,5-7,9-10H2,1-4H3,(H2,16,17,18,19). The summed E-state index contributed by atoms with van der Waals surface area (Å²) >= 11 is 0. The zero-order valence-corrected chi connectivity index (χ0v) is 13.0. The lowest BCUT2D eigenvalue weighted by Crippen LogP contribution is -2.32. The molecule has 0 saturated heterocycles. The maximum absolute atomic E-state index is 5.12. The molecule has 0 aromatic carbocycles. The van der Waals surface area contributed by atoms with E-state index in [0.717, 1.165) is 11.6 Å². The summed E-state index contributed by atoms with van der Waals surface area (Å²) in [5, 5.41) is 6.64. The van der Waals surface area contributed by atoms with Crippen LogP contribution in [0.15, 0.2) is 6.07 Å². The number of anilines is 2. The van der Waals surface area contributed by atoms with E-state index in [9.17, 15) is 0 Å². The predicted molar refractivity (Wildman–Crippen MR) is 82.0 cm³/mol. The molecule has 1 fully saturated rings. The van der Waals surface area contributed by atoms with Gasteiger partial charge in [0, 0.05) is 26.3 Å². The predicted octanol–water partition coefficient (Wildman–Crippen LogP) is 3.05. The minimum Gasteiger partial charge on any atom is -0.377 e. The topological polar surface area (TPSA) is 59.1 Å². The Morgan fingerprint density at radius 2 is 2.10 bits per heavy atom. The van der Waals surface area contributed by atoms with Crippen LogP contribution in [0.4, 0.5) is 11.6 Å². The maximum atomic E-state index is 5.12. The van der Waals surface area contributed by atoms with Gasteiger partial charge in [0.15, 0.2) is 5.82 Å². The zero-order chi connectivity index (χ0) is 14.6. The van der Waals surface area contributed by atoms with Crippen molar-refractivity contribution in [3.05, 3.63) is 11.9 Å². The summed E-state index contributed by atoms with van der Waals surface area (Å²) in [5.41, 5.74) is 0.421. The summed E-state index contributed by atoms with van der Waals surface area (Å²) in [7, 11) is 3.53. The highest BCUT2D eigenvalue weighted by Gasteiger charge is 2.28. The van der Waals surface area contributed by atoms with Crippen molar-refractivity contribution >= 4 is 11.6 Å². The molecule has 1 aromatic heterocycles. The summed E-state index contributed by atoms with van der Waals surface area (Å²) in [4.78, 5) is 8.90. The monoisotopic (exact) mass is 278 g/mol. The van der Waals surface area contributed by atoms with Gasteiger partial charge >= 0.3 is 0 Å². The molecule has 0 amide bonds. The van der Waals surface area contributed by atoms with Crippen LogP contribution in [0.2, 0.25) is 0 Å². The van der Waals surface area contributed by atoms with E-state index in [4.69, 9.17) is 4.74 Å². The quantitative estimate of drug-likeness (QED) is 0.867. The second-order valence-electron chi connectivity index (χ2n) is 6.34. The Bertz CT molecular complexity index is 447. The average Bonchev–Trinajstić information content (AvgIpc) is 2.37. The van der Waals surface area contributed by atoms with E-state index in [1.165, 1.54) is 25.7 Å². The van der Waals surface area contributed by atoms with Gasteiger partial charge in [-0.3, -0.25) is 0 Å². The SMILES string of the molecule is CNc1cc(NC2CCCC(C)(C)C2)nc(COC)n1. The maximum Gasteiger partial charge on any atom is 0.158 e. The zero-order valence-electron chi connectivity index (χ0n) is 13.0. The first-order valence-corrected chi connectivity index (χ1v) is 7.33. The number of aromatic nitrogens is 2. The van der Waals surface area contributed by atoms with E-state index >= 15 is 0 Å². The van der Waals surface area contributed by atoms with Gasteiger partial charge in [-0.25, -0.2) is 9.97 Å². The van der Waals surface area contributed by atoms with Crippen LogP contribution >= 0.6 is 0 Å². The highest BCUT2D eigenvalue weighted by atomic mass is 16.5. The van der Waals surface area contributed by atoms with E-state index in [-0.39, 0.29) is 0 Å². The van der Waals surface area contributed by atoms with Crippen LogP contribution in [-0.2, 0) is 11.3 Å². The third-order valence-corrected chi connectivity index (χ3v) is 3.86. The summed E-state index contributed by atoms with van der Waals surface area (Å²) in [6, 6.07) is 2.45. The van der Waals surface area contributed by atoms with Crippen LogP contribution in [0.1, 0.15) is 45.4 Å². The second kappa shape index (κ2) is 6.39. The van der Waals surface area contributed by atoms with Gasteiger partial charge in [0.25, 0.3) is 0 Å². The Kier molecular flexibility index (Phi) is 4.81. The van der Waals surface area contributed by atoms with Crippen molar-refractivity contribution in [2.75, 3.05) is 24.8 Å². The number of methoxy groups -OCH3 is 1. The molecule has 2 rings (SSSR count). The molecule has 0 bridgehead atoms. The lowest BCUT2D eigenvalue weighted by Gasteiger charge is -2.35. The summed E-state index contributed by atoms with van der Waals surface area (Å²) < 4.78 is 5.12. The van der Waals surface area contributed by atoms with E-state index in [2.05, 4.69) is 34.4 Å². The van der Waals surface area contributed by atoms with Crippen molar-refractivity contribution in [2.24, 2.45) is 5.41 Å². The first-order chi connectivity index (χ1) is 9.52. The van der Waals surface area contributed by atoms with Gasteiger partial charge in [0.05, 0.1) is 0 Å². The van der Waals surface area contributed by atoms with Gasteiger partial charge in [-0.15, -0.1) is 0 Å². The molecule has 0 spiro atoms. The van der Waals surface area contributed by atoms with Crippen molar-refractivity contribution in [1.29, 1.82) is 0 Å². The minimum absolute atomic E-state index is 0.421.